The zero-order valence-electron chi connectivity index (χ0n) is 12.1. The van der Waals surface area contributed by atoms with Gasteiger partial charge >= 0.3 is 0 Å². The normalized spacial score (nSPS) is 11.2. The molecule has 0 fully saturated rings. The SMILES string of the molecule is COc1ccc(-n2nc3c4nc(F)ccc4[nH]cc-3c2=O)cc1. The van der Waals surface area contributed by atoms with Gasteiger partial charge in [0.1, 0.15) is 17.0 Å². The van der Waals surface area contributed by atoms with Gasteiger partial charge in [-0.2, -0.15) is 14.2 Å². The minimum absolute atomic E-state index is 0.297. The van der Waals surface area contributed by atoms with E-state index in [1.807, 2.05) is 0 Å². The van der Waals surface area contributed by atoms with Gasteiger partial charge in [0.25, 0.3) is 5.56 Å². The third kappa shape index (κ3) is 2.05. The van der Waals surface area contributed by atoms with Crippen LogP contribution in [0.4, 0.5) is 4.39 Å². The lowest BCUT2D eigenvalue weighted by Crippen LogP contribution is -2.14. The first-order valence-corrected chi connectivity index (χ1v) is 6.88. The van der Waals surface area contributed by atoms with Crippen LogP contribution in [0.1, 0.15) is 0 Å². The molecular formula is C16H11FN4O2. The van der Waals surface area contributed by atoms with Crippen molar-refractivity contribution in [3.63, 3.8) is 0 Å². The van der Waals surface area contributed by atoms with E-state index >= 15 is 0 Å². The third-order valence-corrected chi connectivity index (χ3v) is 3.65. The number of rotatable bonds is 2. The first-order chi connectivity index (χ1) is 11.2. The molecular weight excluding hydrogens is 299 g/mol. The number of H-pyrrole nitrogens is 1. The van der Waals surface area contributed by atoms with E-state index in [4.69, 9.17) is 4.74 Å². The van der Waals surface area contributed by atoms with Crippen LogP contribution in [0.15, 0.2) is 47.4 Å². The fraction of sp³-hybridized carbons (Fsp3) is 0.0625. The molecule has 1 aromatic heterocycles. The molecule has 2 aliphatic rings. The van der Waals surface area contributed by atoms with Crippen molar-refractivity contribution in [2.45, 2.75) is 0 Å². The Kier molecular flexibility index (Phi) is 2.87. The van der Waals surface area contributed by atoms with Crippen LogP contribution < -0.4 is 10.3 Å². The molecule has 2 aliphatic heterocycles. The molecule has 7 heteroatoms. The summed E-state index contributed by atoms with van der Waals surface area (Å²) in [6.45, 7) is 0. The summed E-state index contributed by atoms with van der Waals surface area (Å²) in [6.07, 6.45) is 1.56. The van der Waals surface area contributed by atoms with E-state index in [0.29, 0.717) is 33.7 Å². The second-order valence-corrected chi connectivity index (χ2v) is 5.00. The van der Waals surface area contributed by atoms with E-state index in [9.17, 15) is 9.18 Å². The first kappa shape index (κ1) is 13.4. The highest BCUT2D eigenvalue weighted by atomic mass is 19.1. The number of ether oxygens (including phenoxy) is 1. The topological polar surface area (TPSA) is 72.8 Å². The van der Waals surface area contributed by atoms with Crippen LogP contribution in [-0.4, -0.2) is 26.9 Å². The van der Waals surface area contributed by atoms with Crippen LogP contribution in [0.2, 0.25) is 0 Å². The fourth-order valence-electron chi connectivity index (χ4n) is 2.50. The van der Waals surface area contributed by atoms with E-state index in [-0.39, 0.29) is 5.56 Å². The average molecular weight is 310 g/mol. The zero-order chi connectivity index (χ0) is 16.0. The molecule has 2 aromatic rings. The van der Waals surface area contributed by atoms with Crippen molar-refractivity contribution in [1.82, 2.24) is 19.7 Å². The predicted molar refractivity (Wildman–Crippen MR) is 82.6 cm³/mol. The van der Waals surface area contributed by atoms with Crippen molar-refractivity contribution in [1.29, 1.82) is 0 Å². The van der Waals surface area contributed by atoms with Gasteiger partial charge < -0.3 is 9.72 Å². The number of hydrogen-bond donors (Lipinski definition) is 1. The van der Waals surface area contributed by atoms with Gasteiger partial charge in [0.05, 0.1) is 23.9 Å². The molecule has 3 heterocycles. The number of hydrogen-bond acceptors (Lipinski definition) is 4. The molecule has 0 unspecified atom stereocenters. The van der Waals surface area contributed by atoms with Gasteiger partial charge in [0.15, 0.2) is 0 Å². The smallest absolute Gasteiger partial charge is 0.282 e. The molecule has 0 radical (unpaired) electrons. The second-order valence-electron chi connectivity index (χ2n) is 5.00. The molecule has 0 amide bonds. The summed E-state index contributed by atoms with van der Waals surface area (Å²) in [4.78, 5) is 19.3. The van der Waals surface area contributed by atoms with Crippen molar-refractivity contribution < 1.29 is 9.13 Å². The largest absolute Gasteiger partial charge is 0.497 e. The van der Waals surface area contributed by atoms with Gasteiger partial charge in [-0.3, -0.25) is 4.79 Å². The molecule has 1 N–H and O–H groups in total. The van der Waals surface area contributed by atoms with Crippen molar-refractivity contribution in [2.24, 2.45) is 0 Å². The van der Waals surface area contributed by atoms with Crippen molar-refractivity contribution >= 4 is 11.0 Å². The number of nitrogens with zero attached hydrogens (tertiary/aromatic N) is 3. The van der Waals surface area contributed by atoms with Crippen LogP contribution in [0, 0.1) is 5.95 Å². The van der Waals surface area contributed by atoms with Crippen LogP contribution in [0.5, 0.6) is 5.75 Å². The summed E-state index contributed by atoms with van der Waals surface area (Å²) in [5, 5.41) is 4.32. The Morgan fingerprint density at radius 3 is 2.70 bits per heavy atom. The number of benzene rings is 1. The Morgan fingerprint density at radius 2 is 1.96 bits per heavy atom. The molecule has 0 bridgehead atoms. The van der Waals surface area contributed by atoms with E-state index in [2.05, 4.69) is 15.1 Å². The fourth-order valence-corrected chi connectivity index (χ4v) is 2.50. The molecule has 4 rings (SSSR count). The van der Waals surface area contributed by atoms with Crippen LogP contribution in [-0.2, 0) is 0 Å². The molecule has 114 valence electrons. The lowest BCUT2D eigenvalue weighted by atomic mass is 10.2. The minimum Gasteiger partial charge on any atom is -0.497 e. The molecule has 6 nitrogen and oxygen atoms in total. The van der Waals surface area contributed by atoms with E-state index in [1.54, 1.807) is 43.6 Å². The van der Waals surface area contributed by atoms with Gasteiger partial charge in [0, 0.05) is 6.20 Å². The maximum Gasteiger partial charge on any atom is 0.282 e. The number of aromatic amines is 1. The Hall–Kier alpha value is -3.22. The Bertz CT molecular complexity index is 1040. The monoisotopic (exact) mass is 310 g/mol. The Balaban J connectivity index is 1.99. The number of methoxy groups -OCH3 is 1. The van der Waals surface area contributed by atoms with E-state index in [0.717, 1.165) is 0 Å². The highest BCUT2D eigenvalue weighted by Gasteiger charge is 2.20. The van der Waals surface area contributed by atoms with Crippen molar-refractivity contribution in [2.75, 3.05) is 7.11 Å². The Labute approximate surface area is 129 Å². The number of aromatic nitrogens is 4. The van der Waals surface area contributed by atoms with Crippen molar-refractivity contribution in [3.05, 3.63) is 58.9 Å². The van der Waals surface area contributed by atoms with E-state index < -0.39 is 5.95 Å². The number of fused-ring (bicyclic) bond motifs is 3. The number of nitrogens with one attached hydrogen (secondary N) is 1. The second kappa shape index (κ2) is 4.91. The van der Waals surface area contributed by atoms with Crippen LogP contribution >= 0.6 is 0 Å². The Morgan fingerprint density at radius 1 is 1.17 bits per heavy atom. The van der Waals surface area contributed by atoms with Crippen LogP contribution in [0.3, 0.4) is 0 Å². The van der Waals surface area contributed by atoms with Crippen LogP contribution in [0.25, 0.3) is 28.0 Å². The molecule has 0 atom stereocenters. The predicted octanol–water partition coefficient (Wildman–Crippen LogP) is 2.36. The molecule has 0 saturated carbocycles. The summed E-state index contributed by atoms with van der Waals surface area (Å²) in [5.74, 6) is 0.0604. The van der Waals surface area contributed by atoms with Gasteiger partial charge in [-0.05, 0) is 36.4 Å². The summed E-state index contributed by atoms with van der Waals surface area (Å²) in [7, 11) is 1.57. The highest BCUT2D eigenvalue weighted by Crippen LogP contribution is 2.25. The summed E-state index contributed by atoms with van der Waals surface area (Å²) in [5.41, 5.74) is 1.95. The molecule has 0 spiro atoms. The maximum absolute atomic E-state index is 13.4. The van der Waals surface area contributed by atoms with Gasteiger partial charge in [-0.25, -0.2) is 4.98 Å². The van der Waals surface area contributed by atoms with Gasteiger partial charge in [0.2, 0.25) is 5.95 Å². The zero-order valence-corrected chi connectivity index (χ0v) is 12.1. The summed E-state index contributed by atoms with van der Waals surface area (Å²) in [6, 6.07) is 9.75. The number of halogens is 1. The van der Waals surface area contributed by atoms with Crippen molar-refractivity contribution in [3.8, 4) is 22.7 Å². The third-order valence-electron chi connectivity index (χ3n) is 3.65. The molecule has 23 heavy (non-hydrogen) atoms. The standard InChI is InChI=1S/C16H11FN4O2/c1-23-10-4-2-9(3-5-10)21-16(22)11-8-18-12-6-7-13(17)19-15(12)14(11)20-21/h2-8,18H,1H3. The quantitative estimate of drug-likeness (QED) is 0.577. The number of pyridine rings is 2. The first-order valence-electron chi connectivity index (χ1n) is 6.88. The summed E-state index contributed by atoms with van der Waals surface area (Å²) < 4.78 is 19.8. The lowest BCUT2D eigenvalue weighted by Gasteiger charge is -2.02. The molecule has 0 saturated heterocycles. The summed E-state index contributed by atoms with van der Waals surface area (Å²) >= 11 is 0. The maximum atomic E-state index is 13.4. The molecule has 0 aliphatic carbocycles. The average Bonchev–Trinajstić information content (AvgIpc) is 2.92. The lowest BCUT2D eigenvalue weighted by molar-refractivity contribution is 0.414. The molecule has 1 aromatic carbocycles. The van der Waals surface area contributed by atoms with Gasteiger partial charge in [-0.15, -0.1) is 0 Å². The van der Waals surface area contributed by atoms with E-state index in [1.165, 1.54) is 10.7 Å². The van der Waals surface area contributed by atoms with Gasteiger partial charge in [-0.1, -0.05) is 0 Å². The highest BCUT2D eigenvalue weighted by molar-refractivity contribution is 5.89. The minimum atomic E-state index is -0.621.